The average molecular weight is 709 g/mol. The largest absolute Gasteiger partial charge is 0.458 e. The van der Waals surface area contributed by atoms with Crippen LogP contribution in [-0.4, -0.2) is 55.9 Å². The average Bonchev–Trinajstić information content (AvgIpc) is 3.45. The van der Waals surface area contributed by atoms with Gasteiger partial charge in [-0.15, -0.1) is 0 Å². The molecule has 0 N–H and O–H groups in total. The third kappa shape index (κ3) is 11.3. The van der Waals surface area contributed by atoms with Gasteiger partial charge in [0.1, 0.15) is 24.3 Å². The molecule has 0 fully saturated rings. The quantitative estimate of drug-likeness (QED) is 0.0266. The summed E-state index contributed by atoms with van der Waals surface area (Å²) in [7, 11) is -0.826. The van der Waals surface area contributed by atoms with Gasteiger partial charge in [-0.3, -0.25) is 14.9 Å². The lowest BCUT2D eigenvalue weighted by atomic mass is 9.88. The predicted molar refractivity (Wildman–Crippen MR) is 200 cm³/mol. The highest BCUT2D eigenvalue weighted by Gasteiger charge is 2.47. The topological polar surface area (TPSA) is 131 Å². The first-order chi connectivity index (χ1) is 23.5. The van der Waals surface area contributed by atoms with Crippen molar-refractivity contribution in [1.82, 2.24) is 4.98 Å². The Kier molecular flexibility index (Phi) is 16.4. The summed E-state index contributed by atoms with van der Waals surface area (Å²) in [6.07, 6.45) is 10.3. The van der Waals surface area contributed by atoms with Gasteiger partial charge in [-0.05, 0) is 78.4 Å². The lowest BCUT2D eigenvalue weighted by Crippen LogP contribution is -2.51. The van der Waals surface area contributed by atoms with E-state index in [4.69, 9.17) is 18.3 Å². The number of aldehydes is 1. The maximum absolute atomic E-state index is 13.6. The molecule has 274 valence electrons. The van der Waals surface area contributed by atoms with Crippen LogP contribution < -0.4 is 0 Å². The minimum atomic E-state index is -2.45. The normalized spacial score (nSPS) is 15.9. The third-order valence-corrected chi connectivity index (χ3v) is 15.5. The lowest BCUT2D eigenvalue weighted by molar-refractivity contribution is -0.384. The summed E-state index contributed by atoms with van der Waals surface area (Å²) < 4.78 is 24.8. The maximum Gasteiger partial charge on any atom is 0.338 e. The molecule has 0 saturated carbocycles. The number of nitro groups is 1. The number of carbonyl (C=O) groups excluding carboxylic acids is 2. The number of carbonyl (C=O) groups is 2. The van der Waals surface area contributed by atoms with Crippen molar-refractivity contribution < 1.29 is 32.8 Å². The van der Waals surface area contributed by atoms with E-state index in [2.05, 4.69) is 46.5 Å². The second kappa shape index (κ2) is 19.5. The summed E-state index contributed by atoms with van der Waals surface area (Å²) in [5, 5.41) is 11.2. The molecule has 1 aromatic carbocycles. The van der Waals surface area contributed by atoms with Gasteiger partial charge in [0.2, 0.25) is 8.32 Å². The van der Waals surface area contributed by atoms with Crippen molar-refractivity contribution in [2.45, 2.75) is 118 Å². The summed E-state index contributed by atoms with van der Waals surface area (Å²) in [6, 6.07) is 5.34. The van der Waals surface area contributed by atoms with Crippen molar-refractivity contribution in [3.05, 3.63) is 98.8 Å². The Balaban J connectivity index is 2.57. The number of esters is 1. The summed E-state index contributed by atoms with van der Waals surface area (Å²) >= 11 is 0. The Hall–Kier alpha value is -3.93. The van der Waals surface area contributed by atoms with E-state index >= 15 is 0 Å². The minimum Gasteiger partial charge on any atom is -0.458 e. The highest BCUT2D eigenvalue weighted by molar-refractivity contribution is 6.77. The van der Waals surface area contributed by atoms with Gasteiger partial charge in [-0.1, -0.05) is 66.7 Å². The van der Waals surface area contributed by atoms with Gasteiger partial charge in [0.05, 0.1) is 22.7 Å². The number of hydrogen-bond acceptors (Lipinski definition) is 9. The molecule has 10 nitrogen and oxygen atoms in total. The van der Waals surface area contributed by atoms with E-state index in [1.165, 1.54) is 30.3 Å². The first-order valence-corrected chi connectivity index (χ1v) is 19.4. The van der Waals surface area contributed by atoms with Crippen LogP contribution in [0.25, 0.3) is 6.08 Å². The monoisotopic (exact) mass is 708 g/mol. The Morgan fingerprint density at radius 2 is 1.58 bits per heavy atom. The molecule has 0 radical (unpaired) electrons. The van der Waals surface area contributed by atoms with Crippen LogP contribution in [0.1, 0.15) is 97.6 Å². The number of methoxy groups -OCH3 is 1. The van der Waals surface area contributed by atoms with Crippen LogP contribution in [-0.2, 0) is 18.7 Å². The molecule has 0 aliphatic heterocycles. The molecule has 0 unspecified atom stereocenters. The molecule has 4 atom stereocenters. The Morgan fingerprint density at radius 3 is 2.06 bits per heavy atom. The fourth-order valence-corrected chi connectivity index (χ4v) is 12.5. The zero-order valence-corrected chi connectivity index (χ0v) is 32.8. The number of rotatable bonds is 19. The lowest BCUT2D eigenvalue weighted by Gasteiger charge is -2.45. The molecular weight excluding hydrogens is 653 g/mol. The third-order valence-electron chi connectivity index (χ3n) is 9.41. The zero-order chi connectivity index (χ0) is 37.8. The van der Waals surface area contributed by atoms with Crippen LogP contribution in [0.3, 0.4) is 0 Å². The molecule has 1 aromatic heterocycles. The number of aryl methyl sites for hydroxylation is 1. The second-order valence-electron chi connectivity index (χ2n) is 13.9. The van der Waals surface area contributed by atoms with E-state index in [1.54, 1.807) is 20.3 Å². The molecule has 2 rings (SSSR count). The number of hydrogen-bond donors (Lipinski definition) is 0. The van der Waals surface area contributed by atoms with E-state index in [-0.39, 0.29) is 40.2 Å². The van der Waals surface area contributed by atoms with Gasteiger partial charge < -0.3 is 18.3 Å². The zero-order valence-electron chi connectivity index (χ0n) is 31.8. The predicted octanol–water partition coefficient (Wildman–Crippen LogP) is 9.77. The smallest absolute Gasteiger partial charge is 0.338 e. The molecule has 0 amide bonds. The molecule has 1 heterocycles. The van der Waals surface area contributed by atoms with Crippen LogP contribution in [0, 0.1) is 23.0 Å². The Morgan fingerprint density at radius 1 is 0.980 bits per heavy atom. The summed E-state index contributed by atoms with van der Waals surface area (Å²) in [6.45, 7) is 22.8. The van der Waals surface area contributed by atoms with Crippen LogP contribution in [0.15, 0.2) is 76.0 Å². The van der Waals surface area contributed by atoms with E-state index < -0.39 is 37.5 Å². The van der Waals surface area contributed by atoms with Crippen LogP contribution in [0.5, 0.6) is 0 Å². The molecule has 0 bridgehead atoms. The van der Waals surface area contributed by atoms with E-state index in [9.17, 15) is 19.7 Å². The number of benzene rings is 1. The van der Waals surface area contributed by atoms with Crippen molar-refractivity contribution in [2.24, 2.45) is 5.92 Å². The number of nitrogens with zero attached hydrogens (tertiary/aromatic N) is 2. The maximum atomic E-state index is 13.6. The van der Waals surface area contributed by atoms with Crippen molar-refractivity contribution >= 4 is 32.3 Å². The SMILES string of the molecule is CO[C@@H](/C(C)=C/C=C/C(C)=C/c1coc(C)n1)[C@H](C)[C@H](C[C@H](O[Si](C(C)C)(C(C)C)C(C)C)/C(C)=C/C=O)OC(=O)c1ccc([N+](=O)[O-])cc1. The summed E-state index contributed by atoms with van der Waals surface area (Å²) in [4.78, 5) is 40.4. The summed E-state index contributed by atoms with van der Waals surface area (Å²) in [5.41, 5.74) is 4.27. The van der Waals surface area contributed by atoms with Crippen molar-refractivity contribution in [3.8, 4) is 0 Å². The molecule has 11 heteroatoms. The van der Waals surface area contributed by atoms with Crippen LogP contribution in [0.2, 0.25) is 16.6 Å². The highest BCUT2D eigenvalue weighted by Crippen LogP contribution is 2.44. The molecule has 0 saturated heterocycles. The number of nitro benzene ring substituents is 1. The van der Waals surface area contributed by atoms with Crippen LogP contribution >= 0.6 is 0 Å². The fraction of sp³-hybridized carbons (Fsp3) is 0.513. The van der Waals surface area contributed by atoms with Gasteiger partial charge in [0.15, 0.2) is 5.89 Å². The van der Waals surface area contributed by atoms with Gasteiger partial charge in [0.25, 0.3) is 5.69 Å². The van der Waals surface area contributed by atoms with Crippen LogP contribution in [0.4, 0.5) is 5.69 Å². The number of ether oxygens (including phenoxy) is 2. The molecule has 50 heavy (non-hydrogen) atoms. The van der Waals surface area contributed by atoms with Crippen molar-refractivity contribution in [1.29, 1.82) is 0 Å². The highest BCUT2D eigenvalue weighted by atomic mass is 28.4. The van der Waals surface area contributed by atoms with Gasteiger partial charge in [0, 0.05) is 38.5 Å². The van der Waals surface area contributed by atoms with Crippen molar-refractivity contribution in [2.75, 3.05) is 7.11 Å². The van der Waals surface area contributed by atoms with E-state index in [0.717, 1.165) is 28.7 Å². The van der Waals surface area contributed by atoms with Gasteiger partial charge in [-0.25, -0.2) is 9.78 Å². The summed E-state index contributed by atoms with van der Waals surface area (Å²) in [5.74, 6) is -0.378. The molecule has 0 aliphatic carbocycles. The standard InChI is InChI=1S/C39H56N2O8Si/c1-25(2)50(26(3)4,27(5)6)49-36(29(8)20-21-42)23-37(48-39(43)33-16-18-35(19-17-33)41(44)45)31(10)38(46-12)30(9)15-13-14-28(7)22-34-24-47-32(11)40-34/h13-22,24-27,31,36-38H,23H2,1-12H3/b14-13+,28-22+,29-20+,30-15+/t31-,36+,37+,38+/m1/s1. The van der Waals surface area contributed by atoms with Crippen molar-refractivity contribution in [3.63, 3.8) is 0 Å². The molecule has 0 aliphatic rings. The van der Waals surface area contributed by atoms with E-state index in [1.807, 2.05) is 52.0 Å². The number of non-ortho nitro benzene ring substituents is 1. The first-order valence-electron chi connectivity index (χ1n) is 17.2. The minimum absolute atomic E-state index is 0.124. The number of oxazole rings is 1. The molecule has 0 spiro atoms. The number of allylic oxidation sites excluding steroid dienone is 5. The van der Waals surface area contributed by atoms with E-state index in [0.29, 0.717) is 5.89 Å². The first kappa shape index (κ1) is 42.2. The van der Waals surface area contributed by atoms with Gasteiger partial charge in [-0.2, -0.15) is 0 Å². The number of aromatic nitrogens is 1. The van der Waals surface area contributed by atoms with Gasteiger partial charge >= 0.3 is 5.97 Å². The Bertz CT molecular complexity index is 1530. The molecule has 2 aromatic rings. The molecular formula is C39H56N2O8Si. The fourth-order valence-electron chi connectivity index (χ4n) is 6.89. The second-order valence-corrected chi connectivity index (χ2v) is 19.3. The Labute approximate surface area is 299 Å².